The van der Waals surface area contributed by atoms with E-state index < -0.39 is 5.67 Å². The summed E-state index contributed by atoms with van der Waals surface area (Å²) in [5, 5.41) is 7.60. The Hall–Kier alpha value is -4.31. The Labute approximate surface area is 213 Å². The van der Waals surface area contributed by atoms with Gasteiger partial charge in [0, 0.05) is 56.8 Å². The SMILES string of the molecule is CN1CC(F)(COc2ccn3c(-c4cc(NCc5ccc(-c6cnn(C)c6)cc5)ncn4)cnc3c2)C1. The van der Waals surface area contributed by atoms with Gasteiger partial charge in [-0.3, -0.25) is 14.0 Å². The van der Waals surface area contributed by atoms with Crippen LogP contribution in [0.2, 0.25) is 0 Å². The van der Waals surface area contributed by atoms with E-state index >= 15 is 0 Å². The van der Waals surface area contributed by atoms with E-state index in [2.05, 4.69) is 49.6 Å². The maximum atomic E-state index is 14.5. The second kappa shape index (κ2) is 9.29. The molecule has 1 aliphatic heterocycles. The largest absolute Gasteiger partial charge is 0.490 e. The van der Waals surface area contributed by atoms with E-state index in [1.807, 2.05) is 60.2 Å². The minimum atomic E-state index is -1.28. The number of benzene rings is 1. The summed E-state index contributed by atoms with van der Waals surface area (Å²) in [5.41, 5.74) is 4.34. The van der Waals surface area contributed by atoms with Crippen molar-refractivity contribution < 1.29 is 9.13 Å². The molecule has 0 aliphatic carbocycles. The Balaban J connectivity index is 1.12. The lowest BCUT2D eigenvalue weighted by Crippen LogP contribution is -2.60. The van der Waals surface area contributed by atoms with Crippen molar-refractivity contribution in [2.45, 2.75) is 12.2 Å². The van der Waals surface area contributed by atoms with Gasteiger partial charge in [-0.1, -0.05) is 24.3 Å². The van der Waals surface area contributed by atoms with Crippen LogP contribution in [-0.2, 0) is 13.6 Å². The van der Waals surface area contributed by atoms with Crippen LogP contribution in [0.3, 0.4) is 0 Å². The number of hydrogen-bond donors (Lipinski definition) is 1. The first-order valence-electron chi connectivity index (χ1n) is 12.1. The van der Waals surface area contributed by atoms with E-state index in [1.54, 1.807) is 10.9 Å². The molecule has 6 rings (SSSR count). The topological polar surface area (TPSA) is 85.4 Å². The van der Waals surface area contributed by atoms with Crippen LogP contribution >= 0.6 is 0 Å². The van der Waals surface area contributed by atoms with Crippen molar-refractivity contribution in [3.05, 3.63) is 79.1 Å². The third-order valence-corrected chi connectivity index (χ3v) is 6.48. The lowest BCUT2D eigenvalue weighted by molar-refractivity contribution is -0.0466. The minimum Gasteiger partial charge on any atom is -0.490 e. The number of aromatic nitrogens is 6. The molecular formula is C27H27FN8O. The third-order valence-electron chi connectivity index (χ3n) is 6.48. The first-order valence-corrected chi connectivity index (χ1v) is 12.1. The van der Waals surface area contributed by atoms with Gasteiger partial charge >= 0.3 is 0 Å². The Morgan fingerprint density at radius 1 is 1.00 bits per heavy atom. The maximum Gasteiger partial charge on any atom is 0.169 e. The maximum absolute atomic E-state index is 14.5. The zero-order chi connectivity index (χ0) is 25.4. The van der Waals surface area contributed by atoms with Gasteiger partial charge in [0.2, 0.25) is 0 Å². The fourth-order valence-corrected chi connectivity index (χ4v) is 4.64. The summed E-state index contributed by atoms with van der Waals surface area (Å²) in [7, 11) is 3.80. The van der Waals surface area contributed by atoms with Crippen LogP contribution in [0.25, 0.3) is 28.2 Å². The molecule has 1 aromatic carbocycles. The van der Waals surface area contributed by atoms with Crippen molar-refractivity contribution in [1.82, 2.24) is 34.0 Å². The Morgan fingerprint density at radius 2 is 1.84 bits per heavy atom. The van der Waals surface area contributed by atoms with Crippen molar-refractivity contribution in [3.63, 3.8) is 0 Å². The van der Waals surface area contributed by atoms with Crippen LogP contribution in [-0.4, -0.2) is 66.4 Å². The molecule has 0 saturated carbocycles. The molecule has 37 heavy (non-hydrogen) atoms. The Morgan fingerprint density at radius 3 is 2.59 bits per heavy atom. The van der Waals surface area contributed by atoms with Crippen LogP contribution in [0.4, 0.5) is 10.2 Å². The molecule has 0 amide bonds. The van der Waals surface area contributed by atoms with Crippen LogP contribution in [0.5, 0.6) is 5.75 Å². The summed E-state index contributed by atoms with van der Waals surface area (Å²) < 4.78 is 23.9. The van der Waals surface area contributed by atoms with Crippen LogP contribution in [0, 0.1) is 0 Å². The highest BCUT2D eigenvalue weighted by Gasteiger charge is 2.42. The number of hydrogen-bond acceptors (Lipinski definition) is 7. The zero-order valence-electron chi connectivity index (χ0n) is 20.7. The number of pyridine rings is 1. The summed E-state index contributed by atoms with van der Waals surface area (Å²) in [6, 6.07) is 13.9. The van der Waals surface area contributed by atoms with Crippen molar-refractivity contribution in [2.24, 2.45) is 7.05 Å². The lowest BCUT2D eigenvalue weighted by atomic mass is 9.99. The van der Waals surface area contributed by atoms with Gasteiger partial charge in [-0.2, -0.15) is 5.10 Å². The van der Waals surface area contributed by atoms with Crippen molar-refractivity contribution >= 4 is 11.5 Å². The molecule has 0 spiro atoms. The monoisotopic (exact) mass is 498 g/mol. The number of nitrogens with zero attached hydrogens (tertiary/aromatic N) is 7. The molecule has 1 aliphatic rings. The quantitative estimate of drug-likeness (QED) is 0.348. The third kappa shape index (κ3) is 4.88. The van der Waals surface area contributed by atoms with E-state index in [9.17, 15) is 4.39 Å². The zero-order valence-corrected chi connectivity index (χ0v) is 20.7. The molecule has 10 heteroatoms. The number of anilines is 1. The molecule has 4 aromatic heterocycles. The minimum absolute atomic E-state index is 0.0359. The first kappa shape index (κ1) is 23.1. The predicted octanol–water partition coefficient (Wildman–Crippen LogP) is 3.84. The average Bonchev–Trinajstić information content (AvgIpc) is 3.52. The van der Waals surface area contributed by atoms with Crippen LogP contribution < -0.4 is 10.1 Å². The van der Waals surface area contributed by atoms with E-state index in [0.29, 0.717) is 31.0 Å². The normalized spacial score (nSPS) is 15.0. The summed E-state index contributed by atoms with van der Waals surface area (Å²) in [4.78, 5) is 15.2. The number of fused-ring (bicyclic) bond motifs is 1. The number of nitrogens with one attached hydrogen (secondary N) is 1. The number of halogens is 1. The van der Waals surface area contributed by atoms with Gasteiger partial charge in [-0.05, 0) is 24.2 Å². The lowest BCUT2D eigenvalue weighted by Gasteiger charge is -2.41. The summed E-state index contributed by atoms with van der Waals surface area (Å²) in [6.45, 7) is 1.45. The molecule has 1 fully saturated rings. The molecule has 9 nitrogen and oxygen atoms in total. The van der Waals surface area contributed by atoms with Gasteiger partial charge in [0.1, 0.15) is 30.1 Å². The van der Waals surface area contributed by atoms with E-state index in [4.69, 9.17) is 4.74 Å². The molecule has 5 heterocycles. The van der Waals surface area contributed by atoms with Gasteiger partial charge in [-0.25, -0.2) is 19.3 Å². The number of aryl methyl sites for hydroxylation is 1. The van der Waals surface area contributed by atoms with Gasteiger partial charge in [-0.15, -0.1) is 0 Å². The van der Waals surface area contributed by atoms with Crippen LogP contribution in [0.15, 0.2) is 73.6 Å². The second-order valence-corrected chi connectivity index (χ2v) is 9.59. The molecule has 0 radical (unpaired) electrons. The second-order valence-electron chi connectivity index (χ2n) is 9.59. The summed E-state index contributed by atoms with van der Waals surface area (Å²) in [6.07, 6.45) is 9.02. The first-order chi connectivity index (χ1) is 17.9. The van der Waals surface area contributed by atoms with E-state index in [-0.39, 0.29) is 6.61 Å². The van der Waals surface area contributed by atoms with Gasteiger partial charge in [0.15, 0.2) is 5.67 Å². The molecule has 1 saturated heterocycles. The molecule has 188 valence electrons. The summed E-state index contributed by atoms with van der Waals surface area (Å²) in [5.74, 6) is 1.31. The standard InChI is InChI=1S/C27H27FN8O/c1-34-15-27(28,16-34)17-37-22-7-8-36-24(13-30-26(36)9-22)23-10-25(32-18-31-23)29-11-19-3-5-20(6-4-19)21-12-33-35(2)14-21/h3-10,12-14,18H,11,15-17H2,1-2H3,(H,29,31,32). The highest BCUT2D eigenvalue weighted by atomic mass is 19.1. The summed E-state index contributed by atoms with van der Waals surface area (Å²) >= 11 is 0. The number of alkyl halides is 1. The van der Waals surface area contributed by atoms with Crippen molar-refractivity contribution in [2.75, 3.05) is 32.1 Å². The number of likely N-dealkylation sites (tertiary alicyclic amines) is 1. The molecule has 1 N–H and O–H groups in total. The van der Waals surface area contributed by atoms with Crippen LogP contribution in [0.1, 0.15) is 5.56 Å². The van der Waals surface area contributed by atoms with Gasteiger partial charge < -0.3 is 10.1 Å². The van der Waals surface area contributed by atoms with E-state index in [0.717, 1.165) is 33.9 Å². The molecule has 0 unspecified atom stereocenters. The highest BCUT2D eigenvalue weighted by molar-refractivity contribution is 5.64. The number of imidazole rings is 1. The average molecular weight is 499 g/mol. The van der Waals surface area contributed by atoms with Gasteiger partial charge in [0.05, 0.1) is 23.8 Å². The Bertz CT molecular complexity index is 1540. The van der Waals surface area contributed by atoms with Gasteiger partial charge in [0.25, 0.3) is 0 Å². The molecule has 0 bridgehead atoms. The molecule has 0 atom stereocenters. The van der Waals surface area contributed by atoms with Crippen molar-refractivity contribution in [1.29, 1.82) is 0 Å². The smallest absolute Gasteiger partial charge is 0.169 e. The molecule has 5 aromatic rings. The predicted molar refractivity (Wildman–Crippen MR) is 139 cm³/mol. The fourth-order valence-electron chi connectivity index (χ4n) is 4.64. The van der Waals surface area contributed by atoms with E-state index in [1.165, 1.54) is 6.33 Å². The Kier molecular flexibility index (Phi) is 5.80. The number of ether oxygens (including phenoxy) is 1. The molecular weight excluding hydrogens is 471 g/mol. The number of rotatable bonds is 8. The van der Waals surface area contributed by atoms with Crippen molar-refractivity contribution in [3.8, 4) is 28.3 Å². The highest BCUT2D eigenvalue weighted by Crippen LogP contribution is 2.27. The fraction of sp³-hybridized carbons (Fsp3) is 0.259.